The van der Waals surface area contributed by atoms with Gasteiger partial charge in [0.05, 0.1) is 19.3 Å². The van der Waals surface area contributed by atoms with E-state index in [9.17, 15) is 0 Å². The van der Waals surface area contributed by atoms with Crippen molar-refractivity contribution < 1.29 is 9.47 Å². The van der Waals surface area contributed by atoms with Crippen LogP contribution in [-0.2, 0) is 9.47 Å². The van der Waals surface area contributed by atoms with E-state index in [0.717, 1.165) is 44.7 Å². The highest BCUT2D eigenvalue weighted by Gasteiger charge is 2.25. The fourth-order valence-electron chi connectivity index (χ4n) is 4.12. The van der Waals surface area contributed by atoms with Crippen LogP contribution < -0.4 is 0 Å². The van der Waals surface area contributed by atoms with Crippen LogP contribution in [-0.4, -0.2) is 75.0 Å². The summed E-state index contributed by atoms with van der Waals surface area (Å²) >= 11 is 0. The molecule has 0 aromatic carbocycles. The number of hydrogen-bond donors (Lipinski definition) is 0. The third kappa shape index (κ3) is 7.81. The van der Waals surface area contributed by atoms with Crippen LogP contribution in [0.5, 0.6) is 0 Å². The van der Waals surface area contributed by atoms with E-state index in [0.29, 0.717) is 6.10 Å². The van der Waals surface area contributed by atoms with Gasteiger partial charge in [-0.2, -0.15) is 0 Å². The molecule has 0 bridgehead atoms. The van der Waals surface area contributed by atoms with E-state index in [4.69, 9.17) is 9.47 Å². The van der Waals surface area contributed by atoms with E-state index in [2.05, 4.69) is 30.6 Å². The molecule has 4 heteroatoms. The molecule has 0 aromatic heterocycles. The predicted molar refractivity (Wildman–Crippen MR) is 101 cm³/mol. The Hall–Kier alpha value is -0.160. The quantitative estimate of drug-likeness (QED) is 0.570. The highest BCUT2D eigenvalue weighted by atomic mass is 16.5. The minimum Gasteiger partial charge on any atom is -0.380 e. The Labute approximate surface area is 149 Å². The van der Waals surface area contributed by atoms with Crippen molar-refractivity contribution in [1.29, 1.82) is 0 Å². The van der Waals surface area contributed by atoms with Crippen LogP contribution >= 0.6 is 0 Å². The Kier molecular flexibility index (Phi) is 9.62. The monoisotopic (exact) mass is 340 g/mol. The van der Waals surface area contributed by atoms with Crippen molar-refractivity contribution in [3.05, 3.63) is 0 Å². The molecular weight excluding hydrogens is 300 g/mol. The lowest BCUT2D eigenvalue weighted by Crippen LogP contribution is -2.39. The molecular formula is C20H40N2O2. The predicted octanol–water partition coefficient (Wildman–Crippen LogP) is 3.26. The van der Waals surface area contributed by atoms with Gasteiger partial charge < -0.3 is 19.3 Å². The SMILES string of the molecule is CCOCCN1CCC(CC2CCN(CCOC(C)C)CC2)CC1. The second-order valence-electron chi connectivity index (χ2n) is 7.92. The smallest absolute Gasteiger partial charge is 0.0596 e. The summed E-state index contributed by atoms with van der Waals surface area (Å²) in [5.74, 6) is 1.93. The van der Waals surface area contributed by atoms with Crippen molar-refractivity contribution in [1.82, 2.24) is 9.80 Å². The van der Waals surface area contributed by atoms with Crippen LogP contribution in [0.4, 0.5) is 0 Å². The van der Waals surface area contributed by atoms with Crippen molar-refractivity contribution >= 4 is 0 Å². The van der Waals surface area contributed by atoms with Crippen LogP contribution in [0.2, 0.25) is 0 Å². The number of rotatable bonds is 10. The zero-order valence-electron chi connectivity index (χ0n) is 16.3. The highest BCUT2D eigenvalue weighted by Crippen LogP contribution is 2.29. The lowest BCUT2D eigenvalue weighted by Gasteiger charge is -2.36. The van der Waals surface area contributed by atoms with Crippen LogP contribution in [0, 0.1) is 11.8 Å². The lowest BCUT2D eigenvalue weighted by molar-refractivity contribution is 0.0478. The van der Waals surface area contributed by atoms with E-state index < -0.39 is 0 Å². The number of piperidine rings is 2. The molecule has 2 aliphatic rings. The molecule has 0 radical (unpaired) electrons. The Morgan fingerprint density at radius 1 is 0.833 bits per heavy atom. The molecule has 0 N–H and O–H groups in total. The molecule has 0 amide bonds. The third-order valence-electron chi connectivity index (χ3n) is 5.70. The molecule has 2 aliphatic heterocycles. The van der Waals surface area contributed by atoms with Gasteiger partial charge in [-0.05, 0) is 90.9 Å². The van der Waals surface area contributed by atoms with Crippen LogP contribution in [0.15, 0.2) is 0 Å². The molecule has 2 rings (SSSR count). The minimum absolute atomic E-state index is 0.363. The number of likely N-dealkylation sites (tertiary alicyclic amines) is 2. The number of ether oxygens (including phenoxy) is 2. The second-order valence-corrected chi connectivity index (χ2v) is 7.92. The summed E-state index contributed by atoms with van der Waals surface area (Å²) in [5, 5.41) is 0. The van der Waals surface area contributed by atoms with E-state index in [-0.39, 0.29) is 0 Å². The summed E-state index contributed by atoms with van der Waals surface area (Å²) in [6.45, 7) is 16.3. The van der Waals surface area contributed by atoms with Crippen LogP contribution in [0.3, 0.4) is 0 Å². The minimum atomic E-state index is 0.363. The first-order chi connectivity index (χ1) is 11.7. The third-order valence-corrected chi connectivity index (χ3v) is 5.70. The normalized spacial score (nSPS) is 22.5. The Balaban J connectivity index is 1.53. The van der Waals surface area contributed by atoms with Crippen molar-refractivity contribution in [2.24, 2.45) is 11.8 Å². The van der Waals surface area contributed by atoms with Gasteiger partial charge in [0, 0.05) is 19.7 Å². The zero-order valence-corrected chi connectivity index (χ0v) is 16.3. The first-order valence-electron chi connectivity index (χ1n) is 10.3. The molecule has 2 saturated heterocycles. The van der Waals surface area contributed by atoms with Crippen LogP contribution in [0.1, 0.15) is 52.9 Å². The fraction of sp³-hybridized carbons (Fsp3) is 1.00. The second kappa shape index (κ2) is 11.5. The summed E-state index contributed by atoms with van der Waals surface area (Å²) in [6, 6.07) is 0. The molecule has 24 heavy (non-hydrogen) atoms. The lowest BCUT2D eigenvalue weighted by atomic mass is 9.83. The molecule has 0 aromatic rings. The standard InChI is InChI=1S/C20H40N2O2/c1-4-23-15-13-21-9-5-19(6-10-21)17-20-7-11-22(12-8-20)14-16-24-18(2)3/h18-20H,4-17H2,1-3H3. The van der Waals surface area contributed by atoms with Gasteiger partial charge in [-0.25, -0.2) is 0 Å². The largest absolute Gasteiger partial charge is 0.380 e. The molecule has 2 heterocycles. The average Bonchev–Trinajstić information content (AvgIpc) is 2.58. The maximum absolute atomic E-state index is 5.68. The molecule has 0 spiro atoms. The van der Waals surface area contributed by atoms with E-state index >= 15 is 0 Å². The van der Waals surface area contributed by atoms with Gasteiger partial charge >= 0.3 is 0 Å². The molecule has 0 atom stereocenters. The maximum Gasteiger partial charge on any atom is 0.0596 e. The fourth-order valence-corrected chi connectivity index (χ4v) is 4.12. The van der Waals surface area contributed by atoms with Gasteiger partial charge in [0.15, 0.2) is 0 Å². The first kappa shape index (κ1) is 20.2. The van der Waals surface area contributed by atoms with Crippen molar-refractivity contribution in [3.63, 3.8) is 0 Å². The van der Waals surface area contributed by atoms with Gasteiger partial charge in [-0.1, -0.05) is 0 Å². The van der Waals surface area contributed by atoms with E-state index in [1.165, 1.54) is 58.3 Å². The van der Waals surface area contributed by atoms with Gasteiger partial charge in [-0.15, -0.1) is 0 Å². The summed E-state index contributed by atoms with van der Waals surface area (Å²) < 4.78 is 11.2. The Morgan fingerprint density at radius 2 is 1.33 bits per heavy atom. The zero-order chi connectivity index (χ0) is 17.2. The molecule has 0 unspecified atom stereocenters. The van der Waals surface area contributed by atoms with Gasteiger partial charge in [0.1, 0.15) is 0 Å². The maximum atomic E-state index is 5.68. The molecule has 142 valence electrons. The Bertz CT molecular complexity index is 309. The molecule has 4 nitrogen and oxygen atoms in total. The average molecular weight is 341 g/mol. The van der Waals surface area contributed by atoms with Gasteiger partial charge in [-0.3, -0.25) is 0 Å². The van der Waals surface area contributed by atoms with E-state index in [1.807, 2.05) is 0 Å². The van der Waals surface area contributed by atoms with Crippen molar-refractivity contribution in [2.75, 3.05) is 59.1 Å². The first-order valence-corrected chi connectivity index (χ1v) is 10.3. The summed E-state index contributed by atoms with van der Waals surface area (Å²) in [6.07, 6.45) is 7.42. The Morgan fingerprint density at radius 3 is 1.79 bits per heavy atom. The highest BCUT2D eigenvalue weighted by molar-refractivity contribution is 4.78. The molecule has 0 saturated carbocycles. The summed E-state index contributed by atoms with van der Waals surface area (Å²) in [4.78, 5) is 5.18. The summed E-state index contributed by atoms with van der Waals surface area (Å²) in [5.41, 5.74) is 0. The van der Waals surface area contributed by atoms with Gasteiger partial charge in [0.25, 0.3) is 0 Å². The van der Waals surface area contributed by atoms with Crippen molar-refractivity contribution in [2.45, 2.75) is 59.0 Å². The van der Waals surface area contributed by atoms with E-state index in [1.54, 1.807) is 0 Å². The van der Waals surface area contributed by atoms with Crippen LogP contribution in [0.25, 0.3) is 0 Å². The molecule has 2 fully saturated rings. The molecule has 0 aliphatic carbocycles. The van der Waals surface area contributed by atoms with Crippen molar-refractivity contribution in [3.8, 4) is 0 Å². The topological polar surface area (TPSA) is 24.9 Å². The number of hydrogen-bond acceptors (Lipinski definition) is 4. The van der Waals surface area contributed by atoms with Gasteiger partial charge in [0.2, 0.25) is 0 Å². The summed E-state index contributed by atoms with van der Waals surface area (Å²) in [7, 11) is 0. The number of nitrogens with zero attached hydrogens (tertiary/aromatic N) is 2.